The van der Waals surface area contributed by atoms with E-state index in [9.17, 15) is 4.79 Å². The van der Waals surface area contributed by atoms with Crippen LogP contribution in [0.1, 0.15) is 17.4 Å². The number of carbonyl (C=O) groups excluding carboxylic acids is 1. The molecule has 0 aliphatic rings. The molecule has 6 nitrogen and oxygen atoms in total. The number of hydrogen-bond acceptors (Lipinski definition) is 5. The summed E-state index contributed by atoms with van der Waals surface area (Å²) in [6.07, 6.45) is 1.10. The molecule has 66 valence electrons. The number of nitrogens with zero attached hydrogens (tertiary/aromatic N) is 1. The van der Waals surface area contributed by atoms with Crippen LogP contribution in [0.4, 0.5) is 0 Å². The normalized spacial score (nSPS) is 9.50. The minimum atomic E-state index is -0.732. The topological polar surface area (TPSA) is 84.6 Å². The minimum Gasteiger partial charge on any atom is -0.450 e. The third-order valence-electron chi connectivity index (χ3n) is 1.09. The molecular formula is C6H8N2O4. The van der Waals surface area contributed by atoms with Gasteiger partial charge < -0.3 is 9.15 Å². The van der Waals surface area contributed by atoms with E-state index in [0.29, 0.717) is 6.61 Å². The SMILES string of the molecule is CCOc1nc(C(=O)NO)co1. The van der Waals surface area contributed by atoms with Crippen molar-refractivity contribution in [2.45, 2.75) is 6.92 Å². The van der Waals surface area contributed by atoms with E-state index >= 15 is 0 Å². The molecule has 1 rings (SSSR count). The van der Waals surface area contributed by atoms with Crippen LogP contribution in [0.25, 0.3) is 0 Å². The van der Waals surface area contributed by atoms with Gasteiger partial charge >= 0.3 is 6.08 Å². The fourth-order valence-electron chi connectivity index (χ4n) is 0.609. The van der Waals surface area contributed by atoms with Gasteiger partial charge in [-0.05, 0) is 6.92 Å². The molecule has 0 saturated carbocycles. The van der Waals surface area contributed by atoms with Crippen molar-refractivity contribution in [3.05, 3.63) is 12.0 Å². The van der Waals surface area contributed by atoms with Crippen LogP contribution in [0.5, 0.6) is 6.08 Å². The van der Waals surface area contributed by atoms with Crippen LogP contribution >= 0.6 is 0 Å². The fraction of sp³-hybridized carbons (Fsp3) is 0.333. The van der Waals surface area contributed by atoms with Crippen molar-refractivity contribution in [2.75, 3.05) is 6.61 Å². The number of aromatic nitrogens is 1. The zero-order valence-corrected chi connectivity index (χ0v) is 6.40. The van der Waals surface area contributed by atoms with Crippen LogP contribution in [0.2, 0.25) is 0 Å². The maximum absolute atomic E-state index is 10.7. The molecule has 1 amide bonds. The summed E-state index contributed by atoms with van der Waals surface area (Å²) in [5.74, 6) is -0.732. The van der Waals surface area contributed by atoms with E-state index < -0.39 is 5.91 Å². The molecule has 0 unspecified atom stereocenters. The summed E-state index contributed by atoms with van der Waals surface area (Å²) < 4.78 is 9.56. The second kappa shape index (κ2) is 3.72. The molecule has 0 aliphatic carbocycles. The Hall–Kier alpha value is -1.56. The molecule has 0 bridgehead atoms. The number of hydrogen-bond donors (Lipinski definition) is 2. The Morgan fingerprint density at radius 3 is 3.25 bits per heavy atom. The van der Waals surface area contributed by atoms with E-state index in [4.69, 9.17) is 14.4 Å². The molecule has 0 aromatic carbocycles. The van der Waals surface area contributed by atoms with Crippen LogP contribution < -0.4 is 10.2 Å². The minimum absolute atomic E-state index is 0.0103. The number of amides is 1. The van der Waals surface area contributed by atoms with Gasteiger partial charge in [0.2, 0.25) is 0 Å². The van der Waals surface area contributed by atoms with Crippen LogP contribution in [-0.2, 0) is 0 Å². The average Bonchev–Trinajstić information content (AvgIpc) is 2.52. The van der Waals surface area contributed by atoms with Crippen molar-refractivity contribution >= 4 is 5.91 Å². The summed E-state index contributed by atoms with van der Waals surface area (Å²) in [6, 6.07) is 0. The molecule has 0 spiro atoms. The van der Waals surface area contributed by atoms with Crippen LogP contribution in [-0.4, -0.2) is 22.7 Å². The van der Waals surface area contributed by atoms with Gasteiger partial charge in [-0.3, -0.25) is 10.0 Å². The molecule has 0 atom stereocenters. The monoisotopic (exact) mass is 172 g/mol. The Morgan fingerprint density at radius 2 is 2.67 bits per heavy atom. The third kappa shape index (κ3) is 1.73. The van der Waals surface area contributed by atoms with Gasteiger partial charge in [-0.1, -0.05) is 0 Å². The van der Waals surface area contributed by atoms with Crippen LogP contribution in [0, 0.1) is 0 Å². The molecule has 1 aromatic rings. The number of oxazole rings is 1. The number of hydroxylamine groups is 1. The summed E-state index contributed by atoms with van der Waals surface area (Å²) in [7, 11) is 0. The maximum atomic E-state index is 10.7. The maximum Gasteiger partial charge on any atom is 0.394 e. The number of rotatable bonds is 3. The number of carbonyl (C=O) groups is 1. The summed E-state index contributed by atoms with van der Waals surface area (Å²) in [5, 5.41) is 8.21. The van der Waals surface area contributed by atoms with Gasteiger partial charge in [0.05, 0.1) is 6.61 Å². The van der Waals surface area contributed by atoms with E-state index in [0.717, 1.165) is 6.26 Å². The predicted octanol–water partition coefficient (Wildman–Crippen LogP) is 0.192. The lowest BCUT2D eigenvalue weighted by Crippen LogP contribution is -2.18. The van der Waals surface area contributed by atoms with Gasteiger partial charge in [-0.25, -0.2) is 5.48 Å². The van der Waals surface area contributed by atoms with Gasteiger partial charge in [-0.2, -0.15) is 4.98 Å². The molecule has 0 fully saturated rings. The highest BCUT2D eigenvalue weighted by Gasteiger charge is 2.11. The van der Waals surface area contributed by atoms with Crippen LogP contribution in [0.3, 0.4) is 0 Å². The molecular weight excluding hydrogens is 164 g/mol. The van der Waals surface area contributed by atoms with Crippen molar-refractivity contribution in [3.63, 3.8) is 0 Å². The van der Waals surface area contributed by atoms with Gasteiger partial charge in [0.25, 0.3) is 5.91 Å². The molecule has 6 heteroatoms. The lowest BCUT2D eigenvalue weighted by Gasteiger charge is -1.91. The first-order chi connectivity index (χ1) is 5.77. The molecule has 0 radical (unpaired) electrons. The van der Waals surface area contributed by atoms with Crippen molar-refractivity contribution in [1.82, 2.24) is 10.5 Å². The Balaban J connectivity index is 2.70. The molecule has 12 heavy (non-hydrogen) atoms. The zero-order valence-electron chi connectivity index (χ0n) is 6.40. The van der Waals surface area contributed by atoms with E-state index in [1.807, 2.05) is 0 Å². The highest BCUT2D eigenvalue weighted by molar-refractivity contribution is 5.90. The summed E-state index contributed by atoms with van der Waals surface area (Å²) in [5.41, 5.74) is 1.39. The Labute approximate surface area is 68.1 Å². The standard InChI is InChI=1S/C6H8N2O4/c1-2-11-6-7-4(3-12-6)5(9)8-10/h3,10H,2H2,1H3,(H,8,9). The predicted molar refractivity (Wildman–Crippen MR) is 36.9 cm³/mol. The van der Waals surface area contributed by atoms with Gasteiger partial charge in [-0.15, -0.1) is 0 Å². The van der Waals surface area contributed by atoms with Gasteiger partial charge in [0, 0.05) is 0 Å². The molecule has 1 aromatic heterocycles. The van der Waals surface area contributed by atoms with Crippen molar-refractivity contribution in [1.29, 1.82) is 0 Å². The lowest BCUT2D eigenvalue weighted by atomic mass is 10.5. The quantitative estimate of drug-likeness (QED) is 0.502. The number of ether oxygens (including phenoxy) is 1. The van der Waals surface area contributed by atoms with E-state index in [-0.39, 0.29) is 11.8 Å². The first-order valence-electron chi connectivity index (χ1n) is 3.30. The third-order valence-corrected chi connectivity index (χ3v) is 1.09. The fourth-order valence-corrected chi connectivity index (χ4v) is 0.609. The second-order valence-electron chi connectivity index (χ2n) is 1.87. The zero-order chi connectivity index (χ0) is 8.97. The summed E-state index contributed by atoms with van der Waals surface area (Å²) >= 11 is 0. The summed E-state index contributed by atoms with van der Waals surface area (Å²) in [4.78, 5) is 14.3. The highest BCUT2D eigenvalue weighted by Crippen LogP contribution is 2.09. The number of nitrogens with one attached hydrogen (secondary N) is 1. The lowest BCUT2D eigenvalue weighted by molar-refractivity contribution is 0.0700. The Morgan fingerprint density at radius 1 is 1.92 bits per heavy atom. The summed E-state index contributed by atoms with van der Waals surface area (Å²) in [6.45, 7) is 2.16. The van der Waals surface area contributed by atoms with Gasteiger partial charge in [0.15, 0.2) is 5.69 Å². The van der Waals surface area contributed by atoms with Crippen molar-refractivity contribution in [2.24, 2.45) is 0 Å². The van der Waals surface area contributed by atoms with Gasteiger partial charge in [0.1, 0.15) is 6.26 Å². The van der Waals surface area contributed by atoms with E-state index in [1.54, 1.807) is 6.92 Å². The Bertz CT molecular complexity index is 270. The van der Waals surface area contributed by atoms with Crippen LogP contribution in [0.15, 0.2) is 10.7 Å². The molecule has 0 saturated heterocycles. The largest absolute Gasteiger partial charge is 0.450 e. The Kier molecular flexibility index (Phi) is 2.65. The van der Waals surface area contributed by atoms with Crippen molar-refractivity contribution in [3.8, 4) is 6.08 Å². The highest BCUT2D eigenvalue weighted by atomic mass is 16.6. The smallest absolute Gasteiger partial charge is 0.394 e. The first-order valence-corrected chi connectivity index (χ1v) is 3.30. The van der Waals surface area contributed by atoms with E-state index in [1.165, 1.54) is 5.48 Å². The second-order valence-corrected chi connectivity index (χ2v) is 1.87. The van der Waals surface area contributed by atoms with E-state index in [2.05, 4.69) is 4.98 Å². The molecule has 1 heterocycles. The molecule has 2 N–H and O–H groups in total. The first kappa shape index (κ1) is 8.54. The molecule has 0 aliphatic heterocycles. The average molecular weight is 172 g/mol. The van der Waals surface area contributed by atoms with Crippen molar-refractivity contribution < 1.29 is 19.2 Å².